The van der Waals surface area contributed by atoms with Crippen LogP contribution in [0.25, 0.3) is 33.7 Å². The number of hydrogen-bond donors (Lipinski definition) is 1. The van der Waals surface area contributed by atoms with Crippen LogP contribution in [0.5, 0.6) is 0 Å². The number of rotatable bonds is 4. The van der Waals surface area contributed by atoms with Crippen molar-refractivity contribution in [2.75, 3.05) is 0 Å². The lowest BCUT2D eigenvalue weighted by atomic mass is 10.1. The molecular formula is C24H17ClN4O3. The van der Waals surface area contributed by atoms with Crippen LogP contribution in [0.15, 0.2) is 80.8 Å². The Morgan fingerprint density at radius 1 is 1.00 bits per heavy atom. The monoisotopic (exact) mass is 444 g/mol. The van der Waals surface area contributed by atoms with Crippen molar-refractivity contribution in [3.05, 3.63) is 104 Å². The van der Waals surface area contributed by atoms with E-state index < -0.39 is 5.69 Å². The minimum absolute atomic E-state index is 0.121. The highest BCUT2D eigenvalue weighted by Crippen LogP contribution is 2.24. The van der Waals surface area contributed by atoms with E-state index in [1.807, 2.05) is 37.3 Å². The van der Waals surface area contributed by atoms with E-state index >= 15 is 0 Å². The molecule has 0 spiro atoms. The molecule has 0 radical (unpaired) electrons. The zero-order valence-electron chi connectivity index (χ0n) is 17.0. The van der Waals surface area contributed by atoms with E-state index in [1.165, 1.54) is 0 Å². The van der Waals surface area contributed by atoms with E-state index in [-0.39, 0.29) is 12.1 Å². The number of fused-ring (bicyclic) bond motifs is 1. The third-order valence-corrected chi connectivity index (χ3v) is 5.43. The summed E-state index contributed by atoms with van der Waals surface area (Å²) >= 11 is 6.02. The lowest BCUT2D eigenvalue weighted by molar-refractivity contribution is 0.432. The molecule has 2 aromatic heterocycles. The Morgan fingerprint density at radius 2 is 1.78 bits per heavy atom. The van der Waals surface area contributed by atoms with Crippen molar-refractivity contribution < 1.29 is 4.52 Å². The lowest BCUT2D eigenvalue weighted by Crippen LogP contribution is -2.35. The number of hydrogen-bond acceptors (Lipinski definition) is 5. The second kappa shape index (κ2) is 7.94. The number of aromatic amines is 1. The molecule has 0 atom stereocenters. The molecule has 5 aromatic rings. The second-order valence-corrected chi connectivity index (χ2v) is 7.94. The fourth-order valence-electron chi connectivity index (χ4n) is 3.51. The molecule has 5 rings (SSSR count). The number of nitrogens with one attached hydrogen (secondary N) is 1. The van der Waals surface area contributed by atoms with Crippen LogP contribution in [0.2, 0.25) is 5.02 Å². The molecule has 1 N–H and O–H groups in total. The van der Waals surface area contributed by atoms with Gasteiger partial charge in [0.15, 0.2) is 0 Å². The minimum atomic E-state index is -0.509. The first-order chi connectivity index (χ1) is 15.5. The van der Waals surface area contributed by atoms with E-state index in [0.717, 1.165) is 21.3 Å². The van der Waals surface area contributed by atoms with Crippen molar-refractivity contribution in [3.8, 4) is 22.8 Å². The van der Waals surface area contributed by atoms with E-state index in [9.17, 15) is 9.59 Å². The van der Waals surface area contributed by atoms with Crippen molar-refractivity contribution in [3.63, 3.8) is 0 Å². The molecule has 2 heterocycles. The molecule has 0 bridgehead atoms. The zero-order valence-corrected chi connectivity index (χ0v) is 17.8. The predicted octanol–water partition coefficient (Wildman–Crippen LogP) is 4.42. The van der Waals surface area contributed by atoms with Gasteiger partial charge in [-0.25, -0.2) is 4.79 Å². The predicted molar refractivity (Wildman–Crippen MR) is 123 cm³/mol. The summed E-state index contributed by atoms with van der Waals surface area (Å²) in [6.45, 7) is 2.13. The molecule has 0 aliphatic rings. The normalized spacial score (nSPS) is 11.2. The Labute approximate surface area is 186 Å². The molecule has 0 fully saturated rings. The van der Waals surface area contributed by atoms with Crippen LogP contribution in [0.3, 0.4) is 0 Å². The highest BCUT2D eigenvalue weighted by atomic mass is 35.5. The average Bonchev–Trinajstić information content (AvgIpc) is 3.27. The van der Waals surface area contributed by atoms with E-state index in [0.29, 0.717) is 33.2 Å². The number of aromatic nitrogens is 4. The number of halogens is 1. The molecular weight excluding hydrogens is 428 g/mol. The number of aryl methyl sites for hydroxylation is 1. The Kier molecular flexibility index (Phi) is 4.95. The summed E-state index contributed by atoms with van der Waals surface area (Å²) in [5.74, 6) is 0.761. The van der Waals surface area contributed by atoms with Gasteiger partial charge in [-0.05, 0) is 42.8 Å². The zero-order chi connectivity index (χ0) is 22.2. The van der Waals surface area contributed by atoms with Crippen LogP contribution in [-0.4, -0.2) is 19.7 Å². The van der Waals surface area contributed by atoms with Gasteiger partial charge in [0, 0.05) is 16.1 Å². The van der Waals surface area contributed by atoms with Crippen molar-refractivity contribution in [2.45, 2.75) is 13.5 Å². The first-order valence-electron chi connectivity index (χ1n) is 9.90. The molecule has 7 nitrogen and oxygen atoms in total. The molecule has 0 saturated carbocycles. The SMILES string of the molecule is Cc1ccc(-c2noc(-c3ccc4c(=O)n(Cc5cccc(Cl)c5)c(=O)[nH]c4c3)n2)cc1. The third kappa shape index (κ3) is 3.74. The fraction of sp³-hybridized carbons (Fsp3) is 0.0833. The summed E-state index contributed by atoms with van der Waals surface area (Å²) in [5.41, 5.74) is 2.84. The molecule has 0 unspecified atom stereocenters. The molecule has 0 saturated heterocycles. The van der Waals surface area contributed by atoms with E-state index in [1.54, 1.807) is 36.4 Å². The number of H-pyrrole nitrogens is 1. The van der Waals surface area contributed by atoms with E-state index in [4.69, 9.17) is 16.1 Å². The maximum Gasteiger partial charge on any atom is 0.329 e. The number of benzene rings is 3. The Balaban J connectivity index is 1.52. The third-order valence-electron chi connectivity index (χ3n) is 5.19. The second-order valence-electron chi connectivity index (χ2n) is 7.50. The van der Waals surface area contributed by atoms with Gasteiger partial charge in [-0.1, -0.05) is 58.7 Å². The Morgan fingerprint density at radius 3 is 2.56 bits per heavy atom. The highest BCUT2D eigenvalue weighted by molar-refractivity contribution is 6.30. The summed E-state index contributed by atoms with van der Waals surface area (Å²) in [5, 5.41) is 4.97. The molecule has 158 valence electrons. The summed E-state index contributed by atoms with van der Waals surface area (Å²) in [6, 6.07) is 19.9. The highest BCUT2D eigenvalue weighted by Gasteiger charge is 2.14. The maximum absolute atomic E-state index is 13.0. The molecule has 3 aromatic carbocycles. The summed E-state index contributed by atoms with van der Waals surface area (Å²) < 4.78 is 6.56. The average molecular weight is 445 g/mol. The van der Waals surface area contributed by atoms with Crippen LogP contribution in [-0.2, 0) is 6.54 Å². The van der Waals surface area contributed by atoms with Gasteiger partial charge in [-0.2, -0.15) is 4.98 Å². The van der Waals surface area contributed by atoms with Crippen LogP contribution >= 0.6 is 11.6 Å². The van der Waals surface area contributed by atoms with Gasteiger partial charge >= 0.3 is 5.69 Å². The number of nitrogens with zero attached hydrogens (tertiary/aromatic N) is 3. The minimum Gasteiger partial charge on any atom is -0.334 e. The summed E-state index contributed by atoms with van der Waals surface area (Å²) in [7, 11) is 0. The lowest BCUT2D eigenvalue weighted by Gasteiger charge is -2.07. The van der Waals surface area contributed by atoms with Crippen molar-refractivity contribution >= 4 is 22.5 Å². The van der Waals surface area contributed by atoms with Crippen molar-refractivity contribution in [1.82, 2.24) is 19.7 Å². The maximum atomic E-state index is 13.0. The topological polar surface area (TPSA) is 93.8 Å². The van der Waals surface area contributed by atoms with Gasteiger partial charge in [-0.3, -0.25) is 9.36 Å². The summed E-state index contributed by atoms with van der Waals surface area (Å²) in [6.07, 6.45) is 0. The largest absolute Gasteiger partial charge is 0.334 e. The van der Waals surface area contributed by atoms with Gasteiger partial charge in [0.1, 0.15) is 0 Å². The first-order valence-corrected chi connectivity index (χ1v) is 10.3. The Bertz CT molecular complexity index is 1570. The van der Waals surface area contributed by atoms with Gasteiger partial charge in [0.25, 0.3) is 11.4 Å². The molecule has 0 aliphatic heterocycles. The molecule has 0 amide bonds. The van der Waals surface area contributed by atoms with Crippen LogP contribution in [0.4, 0.5) is 0 Å². The standard InChI is InChI=1S/C24H17ClN4O3/c1-14-5-7-16(8-6-14)21-27-22(32-28-21)17-9-10-19-20(12-17)26-24(31)29(23(19)30)13-15-3-2-4-18(25)11-15/h2-12H,13H2,1H3,(H,26,31). The van der Waals surface area contributed by atoms with Gasteiger partial charge in [0.2, 0.25) is 5.82 Å². The van der Waals surface area contributed by atoms with Crippen LogP contribution in [0, 0.1) is 6.92 Å². The van der Waals surface area contributed by atoms with Gasteiger partial charge < -0.3 is 9.51 Å². The molecule has 32 heavy (non-hydrogen) atoms. The van der Waals surface area contributed by atoms with Gasteiger partial charge in [-0.15, -0.1) is 0 Å². The quantitative estimate of drug-likeness (QED) is 0.443. The van der Waals surface area contributed by atoms with Crippen molar-refractivity contribution in [1.29, 1.82) is 0 Å². The van der Waals surface area contributed by atoms with Crippen molar-refractivity contribution in [2.24, 2.45) is 0 Å². The molecule has 8 heteroatoms. The summed E-state index contributed by atoms with van der Waals surface area (Å²) in [4.78, 5) is 32.8. The Hall–Kier alpha value is -3.97. The van der Waals surface area contributed by atoms with E-state index in [2.05, 4.69) is 15.1 Å². The van der Waals surface area contributed by atoms with Crippen LogP contribution in [0.1, 0.15) is 11.1 Å². The fourth-order valence-corrected chi connectivity index (χ4v) is 3.72. The molecule has 0 aliphatic carbocycles. The smallest absolute Gasteiger partial charge is 0.329 e. The van der Waals surface area contributed by atoms with Crippen LogP contribution < -0.4 is 11.2 Å². The van der Waals surface area contributed by atoms with Gasteiger partial charge in [0.05, 0.1) is 17.4 Å². The first kappa shape index (κ1) is 20.0.